The summed E-state index contributed by atoms with van der Waals surface area (Å²) < 4.78 is 15.8. The van der Waals surface area contributed by atoms with Crippen LogP contribution in [0, 0.1) is 0 Å². The van der Waals surface area contributed by atoms with Crippen LogP contribution in [-0.4, -0.2) is 27.2 Å². The molecule has 0 bridgehead atoms. The molecule has 0 aromatic heterocycles. The quantitative estimate of drug-likeness (QED) is 0.858. The molecule has 5 nitrogen and oxygen atoms in total. The predicted molar refractivity (Wildman–Crippen MR) is 99.7 cm³/mol. The molecule has 0 aliphatic rings. The summed E-state index contributed by atoms with van der Waals surface area (Å²) in [5.41, 5.74) is 1.42. The summed E-state index contributed by atoms with van der Waals surface area (Å²) in [6.45, 7) is 4.69. The summed E-state index contributed by atoms with van der Waals surface area (Å²) >= 11 is 0. The summed E-state index contributed by atoms with van der Waals surface area (Å²) in [6.07, 6.45) is 1.25. The van der Waals surface area contributed by atoms with Crippen molar-refractivity contribution in [1.29, 1.82) is 0 Å². The Balaban J connectivity index is 0.000000970. The highest BCUT2D eigenvalue weighted by atomic mass is 16.5. The molecule has 2 rings (SSSR count). The van der Waals surface area contributed by atoms with Crippen LogP contribution in [0.25, 0.3) is 0 Å². The first-order valence-corrected chi connectivity index (χ1v) is 8.23. The molecule has 0 spiro atoms. The van der Waals surface area contributed by atoms with Crippen LogP contribution in [-0.2, 0) is 6.54 Å². The Bertz CT molecular complexity index is 656. The maximum Gasteiger partial charge on any atom is 0.255 e. The second-order valence-corrected chi connectivity index (χ2v) is 5.26. The second kappa shape index (κ2) is 11.0. The van der Waals surface area contributed by atoms with Crippen LogP contribution in [0.5, 0.6) is 17.2 Å². The van der Waals surface area contributed by atoms with Crippen LogP contribution in [0.15, 0.2) is 42.5 Å². The molecule has 2 aromatic carbocycles. The maximum atomic E-state index is 12.4. The van der Waals surface area contributed by atoms with Gasteiger partial charge in [-0.15, -0.1) is 0 Å². The Morgan fingerprint density at radius 2 is 1.48 bits per heavy atom. The normalized spacial score (nSPS) is 9.48. The third-order valence-corrected chi connectivity index (χ3v) is 3.24. The van der Waals surface area contributed by atoms with E-state index in [0.717, 1.165) is 5.56 Å². The topological polar surface area (TPSA) is 56.8 Å². The van der Waals surface area contributed by atoms with Crippen LogP contribution >= 0.6 is 0 Å². The second-order valence-electron chi connectivity index (χ2n) is 5.26. The monoisotopic (exact) mass is 345 g/mol. The molecule has 0 aliphatic carbocycles. The molecule has 0 saturated heterocycles. The number of carbonyl (C=O) groups is 1. The molecule has 2 aromatic rings. The summed E-state index contributed by atoms with van der Waals surface area (Å²) in [7, 11) is 4.53. The minimum atomic E-state index is -0.235. The Morgan fingerprint density at radius 1 is 0.880 bits per heavy atom. The molecule has 0 radical (unpaired) electrons. The zero-order valence-corrected chi connectivity index (χ0v) is 15.6. The minimum absolute atomic E-state index is 0.235. The van der Waals surface area contributed by atoms with Crippen LogP contribution in [0.1, 0.15) is 36.2 Å². The average Bonchev–Trinajstić information content (AvgIpc) is 2.66. The van der Waals surface area contributed by atoms with E-state index < -0.39 is 0 Å². The molecule has 1 N–H and O–H groups in total. The first-order chi connectivity index (χ1) is 12.1. The van der Waals surface area contributed by atoms with E-state index in [1.165, 1.54) is 27.8 Å². The van der Waals surface area contributed by atoms with Crippen molar-refractivity contribution in [3.8, 4) is 17.2 Å². The van der Waals surface area contributed by atoms with Gasteiger partial charge >= 0.3 is 0 Å². The van der Waals surface area contributed by atoms with Crippen molar-refractivity contribution in [2.75, 3.05) is 21.3 Å². The van der Waals surface area contributed by atoms with Crippen molar-refractivity contribution in [2.24, 2.45) is 0 Å². The van der Waals surface area contributed by atoms with Crippen LogP contribution in [0.4, 0.5) is 0 Å². The van der Waals surface area contributed by atoms with Gasteiger partial charge in [0.2, 0.25) is 5.75 Å². The SMILES string of the molecule is CCC.COc1ccc(C(=O)NCc2ccccc2)c(OC)c1OC. The van der Waals surface area contributed by atoms with Gasteiger partial charge in [0.15, 0.2) is 11.5 Å². The Kier molecular flexibility index (Phi) is 8.93. The van der Waals surface area contributed by atoms with Crippen molar-refractivity contribution >= 4 is 5.91 Å². The van der Waals surface area contributed by atoms with Gasteiger partial charge in [-0.05, 0) is 17.7 Å². The highest BCUT2D eigenvalue weighted by Crippen LogP contribution is 2.39. The van der Waals surface area contributed by atoms with E-state index >= 15 is 0 Å². The summed E-state index contributed by atoms with van der Waals surface area (Å²) in [4.78, 5) is 12.4. The van der Waals surface area contributed by atoms with Gasteiger partial charge in [-0.25, -0.2) is 0 Å². The molecule has 25 heavy (non-hydrogen) atoms. The van der Waals surface area contributed by atoms with Gasteiger partial charge in [0, 0.05) is 6.54 Å². The third-order valence-electron chi connectivity index (χ3n) is 3.24. The molecule has 5 heteroatoms. The number of carbonyl (C=O) groups excluding carboxylic acids is 1. The van der Waals surface area contributed by atoms with E-state index in [1.807, 2.05) is 30.3 Å². The number of hydrogen-bond donors (Lipinski definition) is 1. The van der Waals surface area contributed by atoms with E-state index in [0.29, 0.717) is 29.4 Å². The van der Waals surface area contributed by atoms with E-state index in [-0.39, 0.29) is 5.91 Å². The molecular formula is C20H27NO4. The summed E-state index contributed by atoms with van der Waals surface area (Å²) in [5, 5.41) is 2.86. The number of methoxy groups -OCH3 is 3. The zero-order valence-electron chi connectivity index (χ0n) is 15.6. The fraction of sp³-hybridized carbons (Fsp3) is 0.350. The maximum absolute atomic E-state index is 12.4. The Morgan fingerprint density at radius 3 is 2.00 bits per heavy atom. The average molecular weight is 345 g/mol. The van der Waals surface area contributed by atoms with Crippen molar-refractivity contribution in [2.45, 2.75) is 26.8 Å². The molecule has 0 atom stereocenters. The Labute approximate surface area is 149 Å². The molecular weight excluding hydrogens is 318 g/mol. The fourth-order valence-electron chi connectivity index (χ4n) is 2.15. The van der Waals surface area contributed by atoms with Gasteiger partial charge in [0.25, 0.3) is 5.91 Å². The Hall–Kier alpha value is -2.69. The van der Waals surface area contributed by atoms with E-state index in [4.69, 9.17) is 14.2 Å². The number of hydrogen-bond acceptors (Lipinski definition) is 4. The lowest BCUT2D eigenvalue weighted by Crippen LogP contribution is -2.23. The van der Waals surface area contributed by atoms with E-state index in [9.17, 15) is 4.79 Å². The number of benzene rings is 2. The number of ether oxygens (including phenoxy) is 3. The van der Waals surface area contributed by atoms with E-state index in [1.54, 1.807) is 12.1 Å². The minimum Gasteiger partial charge on any atom is -0.493 e. The fourth-order valence-corrected chi connectivity index (χ4v) is 2.15. The highest BCUT2D eigenvalue weighted by Gasteiger charge is 2.20. The largest absolute Gasteiger partial charge is 0.493 e. The third kappa shape index (κ3) is 5.71. The van der Waals surface area contributed by atoms with Gasteiger partial charge in [-0.2, -0.15) is 0 Å². The standard InChI is InChI=1S/C17H19NO4.C3H8/c1-20-14-10-9-13(15(21-2)16(14)22-3)17(19)18-11-12-7-5-4-6-8-12;1-3-2/h4-10H,11H2,1-3H3,(H,18,19);3H2,1-2H3. The highest BCUT2D eigenvalue weighted by molar-refractivity contribution is 5.98. The van der Waals surface area contributed by atoms with Gasteiger partial charge < -0.3 is 19.5 Å². The molecule has 0 unspecified atom stereocenters. The molecule has 0 fully saturated rings. The van der Waals surface area contributed by atoms with Gasteiger partial charge in [0.1, 0.15) is 0 Å². The van der Waals surface area contributed by atoms with Gasteiger partial charge in [0.05, 0.1) is 26.9 Å². The number of rotatable bonds is 6. The molecule has 136 valence electrons. The summed E-state index contributed by atoms with van der Waals surface area (Å²) in [6, 6.07) is 13.0. The zero-order chi connectivity index (χ0) is 18.7. The molecule has 1 amide bonds. The smallest absolute Gasteiger partial charge is 0.255 e. The molecule has 0 heterocycles. The van der Waals surface area contributed by atoms with Crippen molar-refractivity contribution in [3.63, 3.8) is 0 Å². The molecule has 0 saturated carbocycles. The van der Waals surface area contributed by atoms with E-state index in [2.05, 4.69) is 19.2 Å². The number of amides is 1. The van der Waals surface area contributed by atoms with Crippen LogP contribution in [0.3, 0.4) is 0 Å². The lowest BCUT2D eigenvalue weighted by atomic mass is 10.1. The van der Waals surface area contributed by atoms with Crippen molar-refractivity contribution in [1.82, 2.24) is 5.32 Å². The van der Waals surface area contributed by atoms with Crippen molar-refractivity contribution in [3.05, 3.63) is 53.6 Å². The summed E-state index contributed by atoms with van der Waals surface area (Å²) in [5.74, 6) is 1.03. The van der Waals surface area contributed by atoms with Crippen molar-refractivity contribution < 1.29 is 19.0 Å². The van der Waals surface area contributed by atoms with Gasteiger partial charge in [-0.1, -0.05) is 50.6 Å². The van der Waals surface area contributed by atoms with Crippen LogP contribution in [0.2, 0.25) is 0 Å². The van der Waals surface area contributed by atoms with Crippen LogP contribution < -0.4 is 19.5 Å². The predicted octanol–water partition coefficient (Wildman–Crippen LogP) is 4.06. The van der Waals surface area contributed by atoms with Gasteiger partial charge in [-0.3, -0.25) is 4.79 Å². The first-order valence-electron chi connectivity index (χ1n) is 8.23. The number of nitrogens with one attached hydrogen (secondary N) is 1. The lowest BCUT2D eigenvalue weighted by molar-refractivity contribution is 0.0947. The molecule has 0 aliphatic heterocycles. The first kappa shape index (κ1) is 20.4. The lowest BCUT2D eigenvalue weighted by Gasteiger charge is -2.15.